The van der Waals surface area contributed by atoms with Crippen LogP contribution in [-0.4, -0.2) is 43.3 Å². The Morgan fingerprint density at radius 1 is 1.25 bits per heavy atom. The highest BCUT2D eigenvalue weighted by molar-refractivity contribution is 7.89. The number of hydrogen-bond donors (Lipinski definition) is 3. The number of sulfonamides is 1. The van der Waals surface area contributed by atoms with Gasteiger partial charge in [0.1, 0.15) is 0 Å². The van der Waals surface area contributed by atoms with Crippen molar-refractivity contribution in [3.05, 3.63) is 46.0 Å². The van der Waals surface area contributed by atoms with Gasteiger partial charge in [0.2, 0.25) is 10.0 Å². The number of aliphatic hydroxyl groups excluding tert-OH is 2. The second kappa shape index (κ2) is 7.10. The predicted octanol–water partition coefficient (Wildman–Crippen LogP) is -0.216. The number of rotatable bonds is 7. The summed E-state index contributed by atoms with van der Waals surface area (Å²) >= 11 is 0. The Labute approximate surface area is 115 Å². The molecule has 110 valence electrons. The van der Waals surface area contributed by atoms with Crippen LogP contribution in [0.15, 0.2) is 40.8 Å². The van der Waals surface area contributed by atoms with Gasteiger partial charge in [0.25, 0.3) is 5.69 Å². The summed E-state index contributed by atoms with van der Waals surface area (Å²) in [6, 6.07) is 4.45. The van der Waals surface area contributed by atoms with E-state index in [1.54, 1.807) is 0 Å². The van der Waals surface area contributed by atoms with Gasteiger partial charge in [0.15, 0.2) is 0 Å². The molecule has 9 heteroatoms. The van der Waals surface area contributed by atoms with Crippen molar-refractivity contribution in [2.75, 3.05) is 19.8 Å². The minimum Gasteiger partial charge on any atom is -0.392 e. The number of nitrogens with one attached hydrogen (secondary N) is 1. The monoisotopic (exact) mass is 302 g/mol. The van der Waals surface area contributed by atoms with Gasteiger partial charge < -0.3 is 10.2 Å². The summed E-state index contributed by atoms with van der Waals surface area (Å²) in [7, 11) is -3.80. The third-order valence-corrected chi connectivity index (χ3v) is 3.87. The first kappa shape index (κ1) is 16.2. The van der Waals surface area contributed by atoms with Gasteiger partial charge in [-0.15, -0.1) is 0 Å². The third-order valence-electron chi connectivity index (χ3n) is 2.43. The van der Waals surface area contributed by atoms with Gasteiger partial charge in [-0.05, 0) is 17.7 Å². The van der Waals surface area contributed by atoms with E-state index >= 15 is 0 Å². The molecule has 0 fully saturated rings. The van der Waals surface area contributed by atoms with E-state index in [2.05, 4.69) is 4.72 Å². The topological polar surface area (TPSA) is 130 Å². The molecule has 3 N–H and O–H groups in total. The van der Waals surface area contributed by atoms with Gasteiger partial charge >= 0.3 is 0 Å². The van der Waals surface area contributed by atoms with Gasteiger partial charge in [-0.1, -0.05) is 6.08 Å². The molecule has 0 aliphatic heterocycles. The molecule has 0 aromatic heterocycles. The zero-order chi connectivity index (χ0) is 15.2. The number of nitrogens with zero attached hydrogens (tertiary/aromatic N) is 1. The molecule has 0 saturated heterocycles. The second-order valence-electron chi connectivity index (χ2n) is 3.78. The first-order chi connectivity index (χ1) is 9.40. The molecular weight excluding hydrogens is 288 g/mol. The van der Waals surface area contributed by atoms with Crippen LogP contribution in [0.25, 0.3) is 0 Å². The molecule has 20 heavy (non-hydrogen) atoms. The van der Waals surface area contributed by atoms with Crippen molar-refractivity contribution in [3.8, 4) is 0 Å². The number of non-ortho nitro benzene ring substituents is 1. The number of nitro groups is 1. The minimum atomic E-state index is -3.80. The molecule has 0 unspecified atom stereocenters. The molecule has 0 radical (unpaired) electrons. The maximum atomic E-state index is 11.8. The summed E-state index contributed by atoms with van der Waals surface area (Å²) in [5.74, 6) is 0. The Morgan fingerprint density at radius 3 is 2.25 bits per heavy atom. The summed E-state index contributed by atoms with van der Waals surface area (Å²) in [6.45, 7) is -0.832. The van der Waals surface area contributed by atoms with E-state index in [1.165, 1.54) is 6.08 Å². The van der Waals surface area contributed by atoms with Crippen molar-refractivity contribution in [2.45, 2.75) is 4.90 Å². The van der Waals surface area contributed by atoms with E-state index in [9.17, 15) is 18.5 Å². The van der Waals surface area contributed by atoms with Crippen LogP contribution < -0.4 is 4.72 Å². The molecule has 0 spiro atoms. The number of aliphatic hydroxyl groups is 2. The molecule has 0 bridgehead atoms. The van der Waals surface area contributed by atoms with Gasteiger partial charge in [0, 0.05) is 18.7 Å². The van der Waals surface area contributed by atoms with Crippen molar-refractivity contribution in [3.63, 3.8) is 0 Å². The van der Waals surface area contributed by atoms with Crippen LogP contribution in [-0.2, 0) is 10.0 Å². The van der Waals surface area contributed by atoms with Gasteiger partial charge in [-0.2, -0.15) is 0 Å². The van der Waals surface area contributed by atoms with E-state index in [-0.39, 0.29) is 35.9 Å². The fraction of sp³-hybridized carbons (Fsp3) is 0.273. The van der Waals surface area contributed by atoms with Crippen LogP contribution in [0.2, 0.25) is 0 Å². The van der Waals surface area contributed by atoms with Crippen LogP contribution in [0.5, 0.6) is 0 Å². The fourth-order valence-electron chi connectivity index (χ4n) is 1.31. The molecular formula is C11H14N2O6S. The number of benzene rings is 1. The first-order valence-corrected chi connectivity index (χ1v) is 7.02. The minimum absolute atomic E-state index is 0.101. The summed E-state index contributed by atoms with van der Waals surface area (Å²) in [6.07, 6.45) is 1.35. The third kappa shape index (κ3) is 4.38. The van der Waals surface area contributed by atoms with E-state index in [0.29, 0.717) is 0 Å². The highest BCUT2D eigenvalue weighted by Gasteiger charge is 2.14. The highest BCUT2D eigenvalue weighted by Crippen LogP contribution is 2.15. The maximum absolute atomic E-state index is 11.8. The van der Waals surface area contributed by atoms with Crippen LogP contribution in [0, 0.1) is 10.1 Å². The van der Waals surface area contributed by atoms with Crippen LogP contribution in [0.1, 0.15) is 0 Å². The molecule has 0 aliphatic carbocycles. The van der Waals surface area contributed by atoms with Crippen molar-refractivity contribution in [1.82, 2.24) is 4.72 Å². The Morgan fingerprint density at radius 2 is 1.80 bits per heavy atom. The summed E-state index contributed by atoms with van der Waals surface area (Å²) < 4.78 is 25.9. The number of nitro benzene ring substituents is 1. The molecule has 0 atom stereocenters. The average molecular weight is 302 g/mol. The summed E-state index contributed by atoms with van der Waals surface area (Å²) in [5.41, 5.74) is 0.0862. The Bertz CT molecular complexity index is 588. The molecule has 8 nitrogen and oxygen atoms in total. The summed E-state index contributed by atoms with van der Waals surface area (Å²) in [4.78, 5) is 9.73. The average Bonchev–Trinajstić information content (AvgIpc) is 2.43. The Kier molecular flexibility index (Phi) is 5.77. The van der Waals surface area contributed by atoms with Crippen molar-refractivity contribution in [2.24, 2.45) is 0 Å². The van der Waals surface area contributed by atoms with Crippen LogP contribution in [0.3, 0.4) is 0 Å². The standard InChI is InChI=1S/C11H14N2O6S/c14-7-9(8-15)5-6-12-20(18,19)11-3-1-10(2-4-11)13(16)17/h1-5,12,14-15H,6-8H2. The van der Waals surface area contributed by atoms with Crippen molar-refractivity contribution in [1.29, 1.82) is 0 Å². The molecule has 1 aromatic rings. The Balaban J connectivity index is 2.79. The molecule has 0 aliphatic rings. The second-order valence-corrected chi connectivity index (χ2v) is 5.55. The summed E-state index contributed by atoms with van der Waals surface area (Å²) in [5, 5.41) is 28.0. The molecule has 0 heterocycles. The van der Waals surface area contributed by atoms with Crippen molar-refractivity contribution >= 4 is 15.7 Å². The lowest BCUT2D eigenvalue weighted by atomic mass is 10.3. The van der Waals surface area contributed by atoms with Gasteiger partial charge in [0.05, 0.1) is 23.0 Å². The quantitative estimate of drug-likeness (QED) is 0.363. The highest BCUT2D eigenvalue weighted by atomic mass is 32.2. The van der Waals surface area contributed by atoms with E-state index in [4.69, 9.17) is 10.2 Å². The van der Waals surface area contributed by atoms with E-state index in [1.807, 2.05) is 0 Å². The lowest BCUT2D eigenvalue weighted by molar-refractivity contribution is -0.384. The maximum Gasteiger partial charge on any atom is 0.269 e. The number of hydrogen-bond acceptors (Lipinski definition) is 6. The lowest BCUT2D eigenvalue weighted by Gasteiger charge is -2.05. The first-order valence-electron chi connectivity index (χ1n) is 5.54. The molecule has 1 aromatic carbocycles. The largest absolute Gasteiger partial charge is 0.392 e. The smallest absolute Gasteiger partial charge is 0.269 e. The Hall–Kier alpha value is -1.81. The van der Waals surface area contributed by atoms with Crippen molar-refractivity contribution < 1.29 is 23.6 Å². The van der Waals surface area contributed by atoms with Gasteiger partial charge in [-0.25, -0.2) is 13.1 Å². The lowest BCUT2D eigenvalue weighted by Crippen LogP contribution is -2.24. The van der Waals surface area contributed by atoms with Crippen LogP contribution in [0.4, 0.5) is 5.69 Å². The normalized spacial score (nSPS) is 11.1. The molecule has 1 rings (SSSR count). The molecule has 0 amide bonds. The SMILES string of the molecule is O=[N+]([O-])c1ccc(S(=O)(=O)NCC=C(CO)CO)cc1. The molecule has 0 saturated carbocycles. The van der Waals surface area contributed by atoms with Gasteiger partial charge in [-0.3, -0.25) is 10.1 Å². The van der Waals surface area contributed by atoms with Crippen LogP contribution >= 0.6 is 0 Å². The zero-order valence-electron chi connectivity index (χ0n) is 10.4. The predicted molar refractivity (Wildman–Crippen MR) is 70.5 cm³/mol. The fourth-order valence-corrected chi connectivity index (χ4v) is 2.27. The van der Waals surface area contributed by atoms with E-state index < -0.39 is 14.9 Å². The zero-order valence-corrected chi connectivity index (χ0v) is 11.2. The van der Waals surface area contributed by atoms with E-state index in [0.717, 1.165) is 24.3 Å².